The van der Waals surface area contributed by atoms with Gasteiger partial charge in [0.25, 0.3) is 0 Å². The monoisotopic (exact) mass is 426 g/mol. The first-order chi connectivity index (χ1) is 11.7. The van der Waals surface area contributed by atoms with Crippen LogP contribution in [0.15, 0.2) is 40.9 Å². The number of hydrogen-bond acceptors (Lipinski definition) is 2. The van der Waals surface area contributed by atoms with Crippen molar-refractivity contribution in [3.05, 3.63) is 74.5 Å². The topological polar surface area (TPSA) is 48.9 Å². The Morgan fingerprint density at radius 2 is 1.80 bits per heavy atom. The second kappa shape index (κ2) is 6.52. The zero-order valence-electron chi connectivity index (χ0n) is 13.4. The fourth-order valence-corrected chi connectivity index (χ4v) is 3.82. The molecule has 0 bridgehead atoms. The maximum Gasteiger partial charge on any atom is 0.130 e. The highest BCUT2D eigenvalue weighted by atomic mass is 79.9. The molecule has 1 aromatic heterocycles. The Hall–Kier alpha value is -1.76. The van der Waals surface area contributed by atoms with Crippen LogP contribution < -0.4 is 0 Å². The number of aromatic amines is 1. The first-order valence-corrected chi connectivity index (χ1v) is 8.57. The van der Waals surface area contributed by atoms with Crippen LogP contribution in [0.3, 0.4) is 0 Å². The second-order valence-corrected chi connectivity index (χ2v) is 7.14. The van der Waals surface area contributed by atoms with E-state index in [-0.39, 0.29) is 5.02 Å². The Labute approximate surface area is 156 Å². The Morgan fingerprint density at radius 1 is 1.16 bits per heavy atom. The van der Waals surface area contributed by atoms with Gasteiger partial charge in [-0.15, -0.1) is 0 Å². The molecule has 1 heterocycles. The van der Waals surface area contributed by atoms with Crippen molar-refractivity contribution >= 4 is 27.5 Å². The summed E-state index contributed by atoms with van der Waals surface area (Å²) in [5.74, 6) is -0.876. The van der Waals surface area contributed by atoms with Gasteiger partial charge in [-0.1, -0.05) is 33.6 Å². The van der Waals surface area contributed by atoms with Gasteiger partial charge in [-0.25, -0.2) is 8.78 Å². The molecule has 0 aliphatic rings. The SMILES string of the molecule is Cc1n[nH]c(C(C)(O)c2ccc(F)cc2Br)c1-c1ccc(F)cc1Cl. The van der Waals surface area contributed by atoms with Crippen LogP contribution in [-0.4, -0.2) is 15.3 Å². The summed E-state index contributed by atoms with van der Waals surface area (Å²) in [6.45, 7) is 3.32. The smallest absolute Gasteiger partial charge is 0.130 e. The largest absolute Gasteiger partial charge is 0.379 e. The van der Waals surface area contributed by atoms with Crippen molar-refractivity contribution in [1.29, 1.82) is 0 Å². The molecule has 3 aromatic rings. The zero-order chi connectivity index (χ0) is 18.4. The van der Waals surface area contributed by atoms with Gasteiger partial charge in [0.2, 0.25) is 0 Å². The number of halogens is 4. The van der Waals surface area contributed by atoms with E-state index in [0.29, 0.717) is 32.6 Å². The number of nitrogens with zero attached hydrogens (tertiary/aromatic N) is 1. The molecule has 0 fully saturated rings. The van der Waals surface area contributed by atoms with Crippen molar-refractivity contribution in [3.8, 4) is 11.1 Å². The quantitative estimate of drug-likeness (QED) is 0.593. The predicted molar refractivity (Wildman–Crippen MR) is 96.5 cm³/mol. The highest BCUT2D eigenvalue weighted by Gasteiger charge is 2.34. The maximum absolute atomic E-state index is 13.4. The van der Waals surface area contributed by atoms with Crippen LogP contribution in [0.25, 0.3) is 11.1 Å². The predicted octanol–water partition coefficient (Wildman–Crippen LogP) is 5.34. The highest BCUT2D eigenvalue weighted by molar-refractivity contribution is 9.10. The average Bonchev–Trinajstić information content (AvgIpc) is 2.89. The molecule has 0 saturated heterocycles. The van der Waals surface area contributed by atoms with E-state index in [1.54, 1.807) is 13.8 Å². The minimum atomic E-state index is -1.51. The number of H-pyrrole nitrogens is 1. The van der Waals surface area contributed by atoms with Crippen LogP contribution in [0.5, 0.6) is 0 Å². The Morgan fingerprint density at radius 3 is 2.44 bits per heavy atom. The van der Waals surface area contributed by atoms with Crippen LogP contribution in [0.2, 0.25) is 5.02 Å². The summed E-state index contributed by atoms with van der Waals surface area (Å²) in [6.07, 6.45) is 0. The average molecular weight is 428 g/mol. The lowest BCUT2D eigenvalue weighted by atomic mass is 9.87. The molecule has 0 aliphatic carbocycles. The molecule has 0 radical (unpaired) electrons. The lowest BCUT2D eigenvalue weighted by molar-refractivity contribution is 0.0970. The second-order valence-electron chi connectivity index (χ2n) is 5.88. The van der Waals surface area contributed by atoms with Crippen LogP contribution in [0.4, 0.5) is 8.78 Å². The van der Waals surface area contributed by atoms with Gasteiger partial charge in [-0.2, -0.15) is 5.10 Å². The summed E-state index contributed by atoms with van der Waals surface area (Å²) in [4.78, 5) is 0. The van der Waals surface area contributed by atoms with Gasteiger partial charge < -0.3 is 5.11 Å². The van der Waals surface area contributed by atoms with E-state index >= 15 is 0 Å². The zero-order valence-corrected chi connectivity index (χ0v) is 15.7. The van der Waals surface area contributed by atoms with Gasteiger partial charge in [-0.05, 0) is 44.2 Å². The molecule has 25 heavy (non-hydrogen) atoms. The summed E-state index contributed by atoms with van der Waals surface area (Å²) < 4.78 is 27.2. The van der Waals surface area contributed by atoms with Gasteiger partial charge in [0.15, 0.2) is 0 Å². The van der Waals surface area contributed by atoms with Crippen molar-refractivity contribution in [3.63, 3.8) is 0 Å². The lowest BCUT2D eigenvalue weighted by Crippen LogP contribution is -2.25. The van der Waals surface area contributed by atoms with Gasteiger partial charge in [0.05, 0.1) is 16.4 Å². The number of aliphatic hydroxyl groups is 1. The Kier molecular flexibility index (Phi) is 4.70. The number of nitrogens with one attached hydrogen (secondary N) is 1. The fourth-order valence-electron chi connectivity index (χ4n) is 2.83. The summed E-state index contributed by atoms with van der Waals surface area (Å²) in [7, 11) is 0. The third-order valence-electron chi connectivity index (χ3n) is 4.09. The van der Waals surface area contributed by atoms with Crippen molar-refractivity contribution in [2.75, 3.05) is 0 Å². The molecule has 3 rings (SSSR count). The van der Waals surface area contributed by atoms with Crippen molar-refractivity contribution in [1.82, 2.24) is 10.2 Å². The summed E-state index contributed by atoms with van der Waals surface area (Å²) >= 11 is 9.47. The van der Waals surface area contributed by atoms with E-state index < -0.39 is 17.2 Å². The van der Waals surface area contributed by atoms with Crippen LogP contribution in [0.1, 0.15) is 23.9 Å². The third-order valence-corrected chi connectivity index (χ3v) is 5.06. The van der Waals surface area contributed by atoms with Gasteiger partial charge in [-0.3, -0.25) is 5.10 Å². The van der Waals surface area contributed by atoms with Crippen molar-refractivity contribution in [2.45, 2.75) is 19.4 Å². The van der Waals surface area contributed by atoms with E-state index in [0.717, 1.165) is 0 Å². The number of hydrogen-bond donors (Lipinski definition) is 2. The number of aromatic nitrogens is 2. The molecule has 130 valence electrons. The van der Waals surface area contributed by atoms with Crippen LogP contribution >= 0.6 is 27.5 Å². The van der Waals surface area contributed by atoms with E-state index in [9.17, 15) is 13.9 Å². The van der Waals surface area contributed by atoms with Gasteiger partial charge >= 0.3 is 0 Å². The molecular weight excluding hydrogens is 414 g/mol. The molecule has 2 N–H and O–H groups in total. The third kappa shape index (κ3) is 3.21. The van der Waals surface area contributed by atoms with Crippen LogP contribution in [0, 0.1) is 18.6 Å². The summed E-state index contributed by atoms with van der Waals surface area (Å²) in [5.41, 5.74) is 1.04. The Balaban J connectivity index is 2.21. The molecule has 1 unspecified atom stereocenters. The highest BCUT2D eigenvalue weighted by Crippen LogP contribution is 2.41. The lowest BCUT2D eigenvalue weighted by Gasteiger charge is -2.25. The number of aryl methyl sites for hydroxylation is 1. The van der Waals surface area contributed by atoms with Gasteiger partial charge in [0.1, 0.15) is 17.2 Å². The normalized spacial score (nSPS) is 13.7. The first kappa shape index (κ1) is 18.0. The fraction of sp³-hybridized carbons (Fsp3) is 0.167. The van der Waals surface area contributed by atoms with E-state index in [4.69, 9.17) is 11.6 Å². The molecular formula is C18H14BrClF2N2O. The summed E-state index contributed by atoms with van der Waals surface area (Å²) in [5, 5.41) is 18.4. The molecule has 0 saturated carbocycles. The molecule has 7 heteroatoms. The van der Waals surface area contributed by atoms with Crippen molar-refractivity contribution in [2.24, 2.45) is 0 Å². The summed E-state index contributed by atoms with van der Waals surface area (Å²) in [6, 6.07) is 8.07. The van der Waals surface area contributed by atoms with E-state index in [2.05, 4.69) is 26.1 Å². The minimum absolute atomic E-state index is 0.208. The molecule has 0 amide bonds. The minimum Gasteiger partial charge on any atom is -0.379 e. The standard InChI is InChI=1S/C18H14BrClF2N2O/c1-9-16(12-5-3-11(22)8-15(12)20)17(24-23-9)18(2,25)13-6-4-10(21)7-14(13)19/h3-8,25H,1-2H3,(H,23,24). The van der Waals surface area contributed by atoms with Crippen LogP contribution in [-0.2, 0) is 5.60 Å². The van der Waals surface area contributed by atoms with E-state index in [1.807, 2.05) is 0 Å². The molecule has 2 aromatic carbocycles. The molecule has 1 atom stereocenters. The molecule has 0 spiro atoms. The molecule has 0 aliphatic heterocycles. The maximum atomic E-state index is 13.4. The Bertz CT molecular complexity index is 956. The van der Waals surface area contributed by atoms with Gasteiger partial charge in [0, 0.05) is 21.2 Å². The number of benzene rings is 2. The first-order valence-electron chi connectivity index (χ1n) is 7.40. The van der Waals surface area contributed by atoms with E-state index in [1.165, 1.54) is 36.4 Å². The number of rotatable bonds is 3. The molecule has 3 nitrogen and oxygen atoms in total. The van der Waals surface area contributed by atoms with Crippen molar-refractivity contribution < 1.29 is 13.9 Å².